The van der Waals surface area contributed by atoms with Crippen molar-refractivity contribution in [3.8, 4) is 23.6 Å². The Hall–Kier alpha value is -2.52. The molecule has 0 N–H and O–H groups in total. The third-order valence-corrected chi connectivity index (χ3v) is 6.76. The molecule has 3 rings (SSSR count). The fraction of sp³-hybridized carbons (Fsp3) is 0.222. The summed E-state index contributed by atoms with van der Waals surface area (Å²) >= 11 is 1.74. The van der Waals surface area contributed by atoms with E-state index in [0.717, 1.165) is 11.5 Å². The molecule has 1 saturated heterocycles. The highest BCUT2D eigenvalue weighted by Gasteiger charge is 2.26. The highest BCUT2D eigenvalue weighted by molar-refractivity contribution is 7.99. The maximum absolute atomic E-state index is 12.6. The second kappa shape index (κ2) is 7.79. The molecule has 1 fully saturated rings. The van der Waals surface area contributed by atoms with Gasteiger partial charge in [0.25, 0.3) is 0 Å². The van der Waals surface area contributed by atoms with Gasteiger partial charge in [0.15, 0.2) is 5.75 Å². The average Bonchev–Trinajstić information content (AvgIpc) is 2.69. The van der Waals surface area contributed by atoms with Crippen molar-refractivity contribution >= 4 is 21.8 Å². The lowest BCUT2D eigenvalue weighted by Gasteiger charge is -2.25. The molecular weight excluding hydrogens is 370 g/mol. The van der Waals surface area contributed by atoms with E-state index in [1.165, 1.54) is 28.6 Å². The van der Waals surface area contributed by atoms with Gasteiger partial charge in [-0.2, -0.15) is 26.6 Å². The molecule has 1 heterocycles. The number of rotatable bonds is 4. The van der Waals surface area contributed by atoms with Crippen molar-refractivity contribution in [3.63, 3.8) is 0 Å². The highest BCUT2D eigenvalue weighted by atomic mass is 32.2. The lowest BCUT2D eigenvalue weighted by atomic mass is 10.1. The molecule has 1 aliphatic heterocycles. The molecule has 8 heteroatoms. The Bertz CT molecular complexity index is 952. The fourth-order valence-corrected chi connectivity index (χ4v) is 5.13. The molecule has 0 amide bonds. The second-order valence-electron chi connectivity index (χ2n) is 5.50. The van der Waals surface area contributed by atoms with Crippen LogP contribution < -0.4 is 4.74 Å². The van der Waals surface area contributed by atoms with Crippen LogP contribution in [-0.2, 0) is 10.0 Å². The SMILES string of the molecule is N#Cc1cccc(C#N)c1Oc1ccc(S(=O)(=O)N2CCSCC2)cc1. The third-order valence-electron chi connectivity index (χ3n) is 3.91. The number of para-hydroxylation sites is 1. The summed E-state index contributed by atoms with van der Waals surface area (Å²) in [6.45, 7) is 1.01. The van der Waals surface area contributed by atoms with Crippen LogP contribution >= 0.6 is 11.8 Å². The maximum atomic E-state index is 12.6. The van der Waals surface area contributed by atoms with Gasteiger partial charge in [0.05, 0.1) is 16.0 Å². The first kappa shape index (κ1) is 18.3. The minimum atomic E-state index is -3.52. The van der Waals surface area contributed by atoms with Gasteiger partial charge < -0.3 is 4.74 Å². The largest absolute Gasteiger partial charge is 0.455 e. The molecule has 0 aromatic heterocycles. The van der Waals surface area contributed by atoms with Crippen LogP contribution in [0.1, 0.15) is 11.1 Å². The maximum Gasteiger partial charge on any atom is 0.243 e. The normalized spacial score (nSPS) is 15.0. The summed E-state index contributed by atoms with van der Waals surface area (Å²) in [7, 11) is -3.52. The first-order valence-electron chi connectivity index (χ1n) is 7.85. The number of hydrogen-bond donors (Lipinski definition) is 0. The van der Waals surface area contributed by atoms with Crippen molar-refractivity contribution < 1.29 is 13.2 Å². The predicted octanol–water partition coefficient (Wildman–Crippen LogP) is 2.96. The molecule has 0 radical (unpaired) electrons. The molecule has 0 atom stereocenters. The quantitative estimate of drug-likeness (QED) is 0.803. The van der Waals surface area contributed by atoms with Crippen molar-refractivity contribution in [2.75, 3.05) is 24.6 Å². The Labute approximate surface area is 156 Å². The van der Waals surface area contributed by atoms with Gasteiger partial charge in [-0.15, -0.1) is 0 Å². The van der Waals surface area contributed by atoms with Crippen LogP contribution in [0.5, 0.6) is 11.5 Å². The van der Waals surface area contributed by atoms with Gasteiger partial charge in [-0.3, -0.25) is 0 Å². The number of benzene rings is 2. The van der Waals surface area contributed by atoms with Crippen LogP contribution in [0.15, 0.2) is 47.4 Å². The first-order valence-corrected chi connectivity index (χ1v) is 10.4. The van der Waals surface area contributed by atoms with Crippen LogP contribution in [0.25, 0.3) is 0 Å². The lowest BCUT2D eigenvalue weighted by molar-refractivity contribution is 0.443. The van der Waals surface area contributed by atoms with Crippen molar-refractivity contribution in [1.82, 2.24) is 4.31 Å². The number of nitrogens with zero attached hydrogens (tertiary/aromatic N) is 3. The van der Waals surface area contributed by atoms with Crippen molar-refractivity contribution in [2.45, 2.75) is 4.90 Å². The summed E-state index contributed by atoms with van der Waals surface area (Å²) in [6.07, 6.45) is 0. The van der Waals surface area contributed by atoms with Gasteiger partial charge >= 0.3 is 0 Å². The zero-order chi connectivity index (χ0) is 18.6. The van der Waals surface area contributed by atoms with Crippen molar-refractivity contribution in [3.05, 3.63) is 53.6 Å². The number of hydrogen-bond acceptors (Lipinski definition) is 6. The molecule has 26 heavy (non-hydrogen) atoms. The highest BCUT2D eigenvalue weighted by Crippen LogP contribution is 2.30. The molecule has 0 bridgehead atoms. The van der Waals surface area contributed by atoms with E-state index in [1.807, 2.05) is 12.1 Å². The van der Waals surface area contributed by atoms with Crippen molar-refractivity contribution in [2.24, 2.45) is 0 Å². The van der Waals surface area contributed by atoms with Gasteiger partial charge in [-0.1, -0.05) is 6.07 Å². The van der Waals surface area contributed by atoms with E-state index in [2.05, 4.69) is 0 Å². The van der Waals surface area contributed by atoms with E-state index in [-0.39, 0.29) is 21.8 Å². The number of ether oxygens (including phenoxy) is 1. The number of sulfonamides is 1. The molecule has 1 aliphatic rings. The summed E-state index contributed by atoms with van der Waals surface area (Å²) in [4.78, 5) is 0.200. The molecule has 0 spiro atoms. The number of nitriles is 2. The summed E-state index contributed by atoms with van der Waals surface area (Å²) in [6, 6.07) is 14.7. The van der Waals surface area contributed by atoms with Gasteiger partial charge in [-0.25, -0.2) is 8.42 Å². The van der Waals surface area contributed by atoms with Crippen molar-refractivity contribution in [1.29, 1.82) is 10.5 Å². The van der Waals surface area contributed by atoms with Crippen LogP contribution in [-0.4, -0.2) is 37.3 Å². The van der Waals surface area contributed by atoms with E-state index in [1.54, 1.807) is 30.0 Å². The molecule has 2 aromatic carbocycles. The Morgan fingerprint density at radius 3 is 2.08 bits per heavy atom. The molecule has 0 aliphatic carbocycles. The Balaban J connectivity index is 1.86. The Morgan fingerprint density at radius 1 is 0.962 bits per heavy atom. The molecule has 132 valence electrons. The van der Waals surface area contributed by atoms with E-state index in [0.29, 0.717) is 18.8 Å². The Morgan fingerprint density at radius 2 is 1.54 bits per heavy atom. The molecule has 2 aromatic rings. The topological polar surface area (TPSA) is 94.2 Å². The Kier molecular flexibility index (Phi) is 5.48. The van der Waals surface area contributed by atoms with Crippen LogP contribution in [0.4, 0.5) is 0 Å². The van der Waals surface area contributed by atoms with Gasteiger partial charge in [-0.05, 0) is 36.4 Å². The van der Waals surface area contributed by atoms with E-state index < -0.39 is 10.0 Å². The van der Waals surface area contributed by atoms with E-state index >= 15 is 0 Å². The molecular formula is C18H15N3O3S2. The summed E-state index contributed by atoms with van der Waals surface area (Å²) in [5.74, 6) is 2.11. The molecule has 6 nitrogen and oxygen atoms in total. The van der Waals surface area contributed by atoms with Gasteiger partial charge in [0.1, 0.15) is 17.9 Å². The second-order valence-corrected chi connectivity index (χ2v) is 8.66. The summed E-state index contributed by atoms with van der Waals surface area (Å²) in [5.41, 5.74) is 0.484. The average molecular weight is 385 g/mol. The van der Waals surface area contributed by atoms with E-state index in [9.17, 15) is 18.9 Å². The predicted molar refractivity (Wildman–Crippen MR) is 98.5 cm³/mol. The van der Waals surface area contributed by atoms with Crippen LogP contribution in [0.3, 0.4) is 0 Å². The van der Waals surface area contributed by atoms with Crippen LogP contribution in [0.2, 0.25) is 0 Å². The minimum absolute atomic E-state index is 0.168. The fourth-order valence-electron chi connectivity index (χ4n) is 2.56. The zero-order valence-corrected chi connectivity index (χ0v) is 15.4. The van der Waals surface area contributed by atoms with Crippen LogP contribution in [0, 0.1) is 22.7 Å². The van der Waals surface area contributed by atoms with E-state index in [4.69, 9.17) is 4.74 Å². The molecule has 0 unspecified atom stereocenters. The smallest absolute Gasteiger partial charge is 0.243 e. The summed E-state index contributed by atoms with van der Waals surface area (Å²) < 4.78 is 32.5. The zero-order valence-electron chi connectivity index (χ0n) is 13.8. The monoisotopic (exact) mass is 385 g/mol. The van der Waals surface area contributed by atoms with Gasteiger partial charge in [0, 0.05) is 24.6 Å². The van der Waals surface area contributed by atoms with Gasteiger partial charge in [0.2, 0.25) is 10.0 Å². The lowest BCUT2D eigenvalue weighted by Crippen LogP contribution is -2.37. The summed E-state index contributed by atoms with van der Waals surface area (Å²) in [5, 5.41) is 18.4. The standard InChI is InChI=1S/C18H15N3O3S2/c19-12-14-2-1-3-15(13-20)18(14)24-16-4-6-17(7-5-16)26(22,23)21-8-10-25-11-9-21/h1-7H,8-11H2. The molecule has 0 saturated carbocycles. The number of thioether (sulfide) groups is 1. The third kappa shape index (κ3) is 3.68. The minimum Gasteiger partial charge on any atom is -0.455 e. The first-order chi connectivity index (χ1) is 12.6.